The van der Waals surface area contributed by atoms with Gasteiger partial charge in [-0.25, -0.2) is 4.79 Å². The number of para-hydroxylation sites is 1. The number of ether oxygens (including phenoxy) is 2. The van der Waals surface area contributed by atoms with Crippen molar-refractivity contribution in [2.45, 2.75) is 20.8 Å². The number of hydrogen-bond acceptors (Lipinski definition) is 4. The van der Waals surface area contributed by atoms with Gasteiger partial charge in [0.05, 0.1) is 18.4 Å². The molecule has 0 saturated carbocycles. The number of anilines is 1. The van der Waals surface area contributed by atoms with Gasteiger partial charge < -0.3 is 14.8 Å². The van der Waals surface area contributed by atoms with Crippen molar-refractivity contribution < 1.29 is 14.3 Å². The average molecular weight is 313 g/mol. The third-order valence-electron chi connectivity index (χ3n) is 3.55. The smallest absolute Gasteiger partial charge is 0.339 e. The zero-order valence-corrected chi connectivity index (χ0v) is 14.1. The molecular formula is C19H23NO3. The van der Waals surface area contributed by atoms with E-state index in [1.165, 1.54) is 18.2 Å². The Morgan fingerprint density at radius 1 is 1.09 bits per heavy atom. The first kappa shape index (κ1) is 16.9. The Balaban J connectivity index is 1.97. The molecule has 122 valence electrons. The van der Waals surface area contributed by atoms with Crippen LogP contribution in [0.5, 0.6) is 5.75 Å². The Kier molecular flexibility index (Phi) is 5.63. The summed E-state index contributed by atoms with van der Waals surface area (Å²) in [6, 6.07) is 11.7. The van der Waals surface area contributed by atoms with Gasteiger partial charge in [0.15, 0.2) is 0 Å². The first-order valence-electron chi connectivity index (χ1n) is 7.64. The minimum absolute atomic E-state index is 0.341. The van der Waals surface area contributed by atoms with Crippen LogP contribution in [0.15, 0.2) is 36.4 Å². The van der Waals surface area contributed by atoms with E-state index in [0.29, 0.717) is 18.7 Å². The van der Waals surface area contributed by atoms with Crippen LogP contribution < -0.4 is 10.1 Å². The molecule has 0 amide bonds. The van der Waals surface area contributed by atoms with Crippen LogP contribution in [0.25, 0.3) is 0 Å². The van der Waals surface area contributed by atoms with Crippen LogP contribution in [-0.2, 0) is 4.74 Å². The summed E-state index contributed by atoms with van der Waals surface area (Å²) in [6.45, 7) is 7.17. The molecule has 2 rings (SSSR count). The molecule has 0 unspecified atom stereocenters. The van der Waals surface area contributed by atoms with E-state index in [0.717, 1.165) is 17.0 Å². The first-order chi connectivity index (χ1) is 11.0. The van der Waals surface area contributed by atoms with Gasteiger partial charge in [0.25, 0.3) is 0 Å². The Hall–Kier alpha value is -2.49. The third-order valence-corrected chi connectivity index (χ3v) is 3.55. The molecule has 2 aromatic carbocycles. The van der Waals surface area contributed by atoms with Gasteiger partial charge in [-0.2, -0.15) is 0 Å². The van der Waals surface area contributed by atoms with E-state index in [2.05, 4.69) is 11.4 Å². The second kappa shape index (κ2) is 7.68. The van der Waals surface area contributed by atoms with Gasteiger partial charge in [0.1, 0.15) is 12.4 Å². The van der Waals surface area contributed by atoms with Crippen LogP contribution in [0.3, 0.4) is 0 Å². The molecule has 0 saturated heterocycles. The molecule has 4 nitrogen and oxygen atoms in total. The maximum Gasteiger partial charge on any atom is 0.339 e. The molecule has 0 radical (unpaired) electrons. The highest BCUT2D eigenvalue weighted by Gasteiger charge is 2.13. The maximum absolute atomic E-state index is 11.8. The Morgan fingerprint density at radius 3 is 2.43 bits per heavy atom. The van der Waals surface area contributed by atoms with Crippen molar-refractivity contribution in [1.82, 2.24) is 0 Å². The lowest BCUT2D eigenvalue weighted by atomic mass is 10.1. The van der Waals surface area contributed by atoms with Gasteiger partial charge in [-0.3, -0.25) is 0 Å². The van der Waals surface area contributed by atoms with Gasteiger partial charge in [-0.05, 0) is 55.7 Å². The van der Waals surface area contributed by atoms with E-state index in [1.54, 1.807) is 6.07 Å². The summed E-state index contributed by atoms with van der Waals surface area (Å²) in [4.78, 5) is 11.8. The van der Waals surface area contributed by atoms with Crippen LogP contribution in [0.4, 0.5) is 5.69 Å². The maximum atomic E-state index is 11.8. The topological polar surface area (TPSA) is 47.6 Å². The first-order valence-corrected chi connectivity index (χ1v) is 7.64. The highest BCUT2D eigenvalue weighted by Crippen LogP contribution is 2.21. The number of carbonyl (C=O) groups is 1. The van der Waals surface area contributed by atoms with Crippen LogP contribution in [0.1, 0.15) is 27.0 Å². The summed E-state index contributed by atoms with van der Waals surface area (Å²) in [7, 11) is 1.39. The average Bonchev–Trinajstić information content (AvgIpc) is 2.51. The van der Waals surface area contributed by atoms with E-state index in [9.17, 15) is 4.79 Å². The molecule has 0 bridgehead atoms. The quantitative estimate of drug-likeness (QED) is 0.649. The zero-order valence-electron chi connectivity index (χ0n) is 14.1. The lowest BCUT2D eigenvalue weighted by Gasteiger charge is -2.14. The van der Waals surface area contributed by atoms with Crippen molar-refractivity contribution in [1.29, 1.82) is 0 Å². The number of esters is 1. The molecule has 0 aliphatic carbocycles. The summed E-state index contributed by atoms with van der Waals surface area (Å²) in [5, 5.41) is 3.27. The SMILES string of the molecule is COC(=O)c1cccc(C)c1NCCOc1cc(C)cc(C)c1. The largest absolute Gasteiger partial charge is 0.492 e. The van der Waals surface area contributed by atoms with Gasteiger partial charge in [0.2, 0.25) is 0 Å². The fourth-order valence-corrected chi connectivity index (χ4v) is 2.54. The van der Waals surface area contributed by atoms with Crippen molar-refractivity contribution in [2.24, 2.45) is 0 Å². The number of hydrogen-bond donors (Lipinski definition) is 1. The predicted molar refractivity (Wildman–Crippen MR) is 92.4 cm³/mol. The van der Waals surface area contributed by atoms with E-state index >= 15 is 0 Å². The van der Waals surface area contributed by atoms with Crippen molar-refractivity contribution in [2.75, 3.05) is 25.6 Å². The van der Waals surface area contributed by atoms with E-state index in [-0.39, 0.29) is 5.97 Å². The number of benzene rings is 2. The van der Waals surface area contributed by atoms with E-state index < -0.39 is 0 Å². The van der Waals surface area contributed by atoms with Crippen molar-refractivity contribution in [3.05, 3.63) is 58.7 Å². The second-order valence-electron chi connectivity index (χ2n) is 5.59. The van der Waals surface area contributed by atoms with Crippen molar-refractivity contribution in [3.8, 4) is 5.75 Å². The van der Waals surface area contributed by atoms with Crippen molar-refractivity contribution >= 4 is 11.7 Å². The van der Waals surface area contributed by atoms with Crippen LogP contribution in [-0.4, -0.2) is 26.2 Å². The lowest BCUT2D eigenvalue weighted by molar-refractivity contribution is 0.0601. The minimum Gasteiger partial charge on any atom is -0.492 e. The van der Waals surface area contributed by atoms with Gasteiger partial charge in [-0.1, -0.05) is 18.2 Å². The fourth-order valence-electron chi connectivity index (χ4n) is 2.54. The molecule has 23 heavy (non-hydrogen) atoms. The number of rotatable bonds is 6. The monoisotopic (exact) mass is 313 g/mol. The molecule has 0 fully saturated rings. The minimum atomic E-state index is -0.341. The lowest BCUT2D eigenvalue weighted by Crippen LogP contribution is -2.15. The molecule has 1 N–H and O–H groups in total. The van der Waals surface area contributed by atoms with Gasteiger partial charge >= 0.3 is 5.97 Å². The molecule has 0 aliphatic rings. The van der Waals surface area contributed by atoms with E-state index in [1.807, 2.05) is 45.0 Å². The Bertz CT molecular complexity index is 675. The summed E-state index contributed by atoms with van der Waals surface area (Å²) in [6.07, 6.45) is 0. The summed E-state index contributed by atoms with van der Waals surface area (Å²) in [5.74, 6) is 0.522. The number of carbonyl (C=O) groups excluding carboxylic acids is 1. The molecule has 4 heteroatoms. The molecule has 0 heterocycles. The summed E-state index contributed by atoms with van der Waals surface area (Å²) < 4.78 is 10.6. The van der Waals surface area contributed by atoms with Gasteiger partial charge in [0, 0.05) is 6.54 Å². The number of aryl methyl sites for hydroxylation is 3. The summed E-state index contributed by atoms with van der Waals surface area (Å²) in [5.41, 5.74) is 4.70. The standard InChI is InChI=1S/C19H23NO3/c1-13-10-14(2)12-16(11-13)23-9-8-20-18-15(3)6-5-7-17(18)19(21)22-4/h5-7,10-12,20H,8-9H2,1-4H3. The van der Waals surface area contributed by atoms with Crippen molar-refractivity contribution in [3.63, 3.8) is 0 Å². The predicted octanol–water partition coefficient (Wildman–Crippen LogP) is 3.89. The molecule has 2 aromatic rings. The number of methoxy groups -OCH3 is 1. The highest BCUT2D eigenvalue weighted by atomic mass is 16.5. The van der Waals surface area contributed by atoms with E-state index in [4.69, 9.17) is 9.47 Å². The molecule has 0 aliphatic heterocycles. The second-order valence-corrected chi connectivity index (χ2v) is 5.59. The van der Waals surface area contributed by atoms with Gasteiger partial charge in [-0.15, -0.1) is 0 Å². The normalized spacial score (nSPS) is 10.3. The molecule has 0 aromatic heterocycles. The Labute approximate surface area is 137 Å². The fraction of sp³-hybridized carbons (Fsp3) is 0.316. The van der Waals surface area contributed by atoms with Crippen LogP contribution >= 0.6 is 0 Å². The molecular weight excluding hydrogens is 290 g/mol. The number of nitrogens with one attached hydrogen (secondary N) is 1. The molecule has 0 atom stereocenters. The third kappa shape index (κ3) is 4.49. The van der Waals surface area contributed by atoms with Crippen LogP contribution in [0, 0.1) is 20.8 Å². The summed E-state index contributed by atoms with van der Waals surface area (Å²) >= 11 is 0. The zero-order chi connectivity index (χ0) is 16.8. The Morgan fingerprint density at radius 2 is 1.78 bits per heavy atom. The van der Waals surface area contributed by atoms with Crippen LogP contribution in [0.2, 0.25) is 0 Å². The highest BCUT2D eigenvalue weighted by molar-refractivity contribution is 5.96. The molecule has 0 spiro atoms.